The Hall–Kier alpha value is -3.03. The summed E-state index contributed by atoms with van der Waals surface area (Å²) < 4.78 is 56.7. The highest BCUT2D eigenvalue weighted by Gasteiger charge is 2.36. The number of hydrogen-bond acceptors (Lipinski definition) is 8. The van der Waals surface area contributed by atoms with Gasteiger partial charge < -0.3 is 29.4 Å². The number of piperazine rings is 2. The molecule has 3 heterocycles. The van der Waals surface area contributed by atoms with E-state index >= 15 is 0 Å². The van der Waals surface area contributed by atoms with E-state index in [4.69, 9.17) is 0 Å². The molecule has 2 aromatic rings. The van der Waals surface area contributed by atoms with Crippen molar-refractivity contribution < 1.29 is 32.2 Å². The number of carbonyl (C=O) groups is 1. The summed E-state index contributed by atoms with van der Waals surface area (Å²) in [5.74, 6) is -2.07. The summed E-state index contributed by atoms with van der Waals surface area (Å²) >= 11 is 0. The van der Waals surface area contributed by atoms with E-state index in [1.165, 1.54) is 12.4 Å². The van der Waals surface area contributed by atoms with Crippen LogP contribution in [0.3, 0.4) is 0 Å². The van der Waals surface area contributed by atoms with Crippen LogP contribution in [-0.4, -0.2) is 107 Å². The van der Waals surface area contributed by atoms with Crippen molar-refractivity contribution in [3.8, 4) is 5.75 Å². The molecule has 2 fully saturated rings. The molecule has 1 amide bonds. The molecule has 3 atom stereocenters. The van der Waals surface area contributed by atoms with Crippen molar-refractivity contribution in [2.45, 2.75) is 51.0 Å². The first-order valence-corrected chi connectivity index (χ1v) is 14.6. The summed E-state index contributed by atoms with van der Waals surface area (Å²) in [6, 6.07) is 3.29. The van der Waals surface area contributed by atoms with E-state index in [9.17, 15) is 27.5 Å². The molecule has 13 heteroatoms. The second kappa shape index (κ2) is 12.7. The molecule has 1 aromatic heterocycles. The lowest BCUT2D eigenvalue weighted by molar-refractivity contribution is -0.275. The van der Waals surface area contributed by atoms with Crippen LogP contribution >= 0.6 is 0 Å². The molecule has 1 N–H and O–H groups in total. The van der Waals surface area contributed by atoms with E-state index in [-0.39, 0.29) is 11.8 Å². The number of alkyl halides is 3. The fourth-order valence-corrected chi connectivity index (χ4v) is 6.33. The topological polar surface area (TPSA) is 85.3 Å². The molecule has 0 bridgehead atoms. The highest BCUT2D eigenvalue weighted by atomic mass is 19.4. The van der Waals surface area contributed by atoms with Crippen molar-refractivity contribution in [2.75, 3.05) is 70.3 Å². The van der Waals surface area contributed by atoms with Crippen LogP contribution < -0.4 is 9.64 Å². The van der Waals surface area contributed by atoms with Gasteiger partial charge in [-0.25, -0.2) is 14.4 Å². The zero-order valence-corrected chi connectivity index (χ0v) is 24.0. The van der Waals surface area contributed by atoms with Crippen LogP contribution in [0.4, 0.5) is 23.4 Å². The van der Waals surface area contributed by atoms with Crippen LogP contribution in [0.1, 0.15) is 61.4 Å². The second-order valence-corrected chi connectivity index (χ2v) is 11.3. The van der Waals surface area contributed by atoms with Gasteiger partial charge in [0, 0.05) is 57.9 Å². The number of halogens is 4. The summed E-state index contributed by atoms with van der Waals surface area (Å²) in [6.45, 7) is 11.2. The molecule has 1 aromatic carbocycles. The minimum absolute atomic E-state index is 0.119. The van der Waals surface area contributed by atoms with Gasteiger partial charge in [0.2, 0.25) is 5.91 Å². The van der Waals surface area contributed by atoms with Crippen molar-refractivity contribution in [3.05, 3.63) is 47.2 Å². The Kier molecular flexibility index (Phi) is 9.19. The molecule has 3 aliphatic rings. The van der Waals surface area contributed by atoms with Gasteiger partial charge in [-0.3, -0.25) is 4.79 Å². The lowest BCUT2D eigenvalue weighted by atomic mass is 9.93. The van der Waals surface area contributed by atoms with Gasteiger partial charge >= 0.3 is 6.36 Å². The van der Waals surface area contributed by atoms with Gasteiger partial charge in [-0.1, -0.05) is 19.9 Å². The first kappa shape index (κ1) is 30.4. The number of hydrogen-bond donors (Lipinski definition) is 1. The number of anilines is 1. The molecule has 9 nitrogen and oxygen atoms in total. The van der Waals surface area contributed by atoms with Gasteiger partial charge in [0.15, 0.2) is 11.6 Å². The Morgan fingerprint density at radius 2 is 1.76 bits per heavy atom. The van der Waals surface area contributed by atoms with Crippen LogP contribution in [0.15, 0.2) is 24.5 Å². The predicted octanol–water partition coefficient (Wildman–Crippen LogP) is 3.51. The minimum atomic E-state index is -5.02. The third kappa shape index (κ3) is 6.78. The molecule has 230 valence electrons. The third-order valence-electron chi connectivity index (χ3n) is 8.70. The Labute approximate surface area is 243 Å². The number of rotatable bonds is 8. The maximum Gasteiger partial charge on any atom is 0.573 e. The number of carbonyl (C=O) groups excluding carboxylic acids is 1. The monoisotopic (exact) mass is 594 g/mol. The third-order valence-corrected chi connectivity index (χ3v) is 8.70. The maximum absolute atomic E-state index is 14.7. The average molecular weight is 595 g/mol. The second-order valence-electron chi connectivity index (χ2n) is 11.3. The minimum Gasteiger partial charge on any atom is -0.403 e. The largest absolute Gasteiger partial charge is 0.573 e. The van der Waals surface area contributed by atoms with Crippen LogP contribution in [0.2, 0.25) is 0 Å². The van der Waals surface area contributed by atoms with E-state index in [0.717, 1.165) is 56.2 Å². The number of amides is 1. The van der Waals surface area contributed by atoms with E-state index in [2.05, 4.69) is 36.3 Å². The van der Waals surface area contributed by atoms with Crippen molar-refractivity contribution in [2.24, 2.45) is 0 Å². The summed E-state index contributed by atoms with van der Waals surface area (Å²) in [4.78, 5) is 31.2. The first-order chi connectivity index (χ1) is 20.0. The summed E-state index contributed by atoms with van der Waals surface area (Å²) in [5.41, 5.74) is 1.94. The summed E-state index contributed by atoms with van der Waals surface area (Å²) in [6.07, 6.45) is -3.16. The number of benzene rings is 1. The van der Waals surface area contributed by atoms with E-state index < -0.39 is 30.0 Å². The van der Waals surface area contributed by atoms with Gasteiger partial charge in [-0.05, 0) is 49.5 Å². The van der Waals surface area contributed by atoms with Gasteiger partial charge in [0.1, 0.15) is 12.1 Å². The number of fused-ring (bicyclic) bond motifs is 1. The van der Waals surface area contributed by atoms with Crippen molar-refractivity contribution in [1.29, 1.82) is 0 Å². The van der Waals surface area contributed by atoms with Crippen LogP contribution in [-0.2, 0) is 4.79 Å². The van der Waals surface area contributed by atoms with E-state index in [1.54, 1.807) is 4.90 Å². The number of aromatic nitrogens is 2. The summed E-state index contributed by atoms with van der Waals surface area (Å²) in [7, 11) is 0. The van der Waals surface area contributed by atoms with Crippen LogP contribution in [0, 0.1) is 5.82 Å². The average Bonchev–Trinajstić information content (AvgIpc) is 3.27. The van der Waals surface area contributed by atoms with Gasteiger partial charge in [-0.2, -0.15) is 0 Å². The van der Waals surface area contributed by atoms with Gasteiger partial charge in [0.05, 0.1) is 17.7 Å². The van der Waals surface area contributed by atoms with E-state index in [0.29, 0.717) is 56.8 Å². The van der Waals surface area contributed by atoms with Gasteiger partial charge in [-0.15, -0.1) is 13.2 Å². The number of aliphatic hydroxyl groups excluding tert-OH is 1. The molecule has 42 heavy (non-hydrogen) atoms. The molecule has 1 aliphatic carbocycles. The Morgan fingerprint density at radius 1 is 1.07 bits per heavy atom. The van der Waals surface area contributed by atoms with Crippen molar-refractivity contribution >= 4 is 11.7 Å². The molecule has 0 saturated carbocycles. The number of likely N-dealkylation sites (N-methyl/N-ethyl adjacent to an activating group) is 1. The smallest absolute Gasteiger partial charge is 0.403 e. The Morgan fingerprint density at radius 3 is 2.40 bits per heavy atom. The maximum atomic E-state index is 14.7. The predicted molar refractivity (Wildman–Crippen MR) is 148 cm³/mol. The molecular formula is C29H38F4N6O3. The molecule has 0 spiro atoms. The molecule has 2 aliphatic heterocycles. The molecule has 5 rings (SSSR count). The number of ether oxygens (including phenoxy) is 1. The highest BCUT2D eigenvalue weighted by Crippen LogP contribution is 2.43. The lowest BCUT2D eigenvalue weighted by Crippen LogP contribution is -2.51. The van der Waals surface area contributed by atoms with Crippen LogP contribution in [0.5, 0.6) is 5.75 Å². The molecule has 0 radical (unpaired) electrons. The quantitative estimate of drug-likeness (QED) is 0.465. The fourth-order valence-electron chi connectivity index (χ4n) is 6.33. The number of aliphatic hydroxyl groups is 1. The van der Waals surface area contributed by atoms with Crippen LogP contribution in [0.25, 0.3) is 0 Å². The van der Waals surface area contributed by atoms with Crippen molar-refractivity contribution in [1.82, 2.24) is 24.7 Å². The molecule has 0 unspecified atom stereocenters. The number of nitrogens with zero attached hydrogens (tertiary/aromatic N) is 6. The zero-order chi connectivity index (χ0) is 30.0. The normalized spacial score (nSPS) is 22.7. The SMILES string of the molecule is CCN1CCN(CC[C@@H](C(=O)N2CCN(c3ncnc4c3[C@H](C)C[C@H]4O)CC2)c2ccc(OC(F)(F)F)c(F)c2)CC1. The summed E-state index contributed by atoms with van der Waals surface area (Å²) in [5, 5.41) is 10.4. The molecule has 2 saturated heterocycles. The Balaban J connectivity index is 1.30. The van der Waals surface area contributed by atoms with Crippen molar-refractivity contribution in [3.63, 3.8) is 0 Å². The van der Waals surface area contributed by atoms with Gasteiger partial charge in [0.25, 0.3) is 0 Å². The zero-order valence-electron chi connectivity index (χ0n) is 24.0. The highest BCUT2D eigenvalue weighted by molar-refractivity contribution is 5.84. The molecular weight excluding hydrogens is 556 g/mol. The lowest BCUT2D eigenvalue weighted by Gasteiger charge is -2.38. The first-order valence-electron chi connectivity index (χ1n) is 14.6. The van der Waals surface area contributed by atoms with E-state index in [1.807, 2.05) is 6.92 Å². The standard InChI is InChI=1S/C29H38F4N6O3/c1-3-36-8-10-37(11-9-36)7-6-21(20-4-5-24(22(30)17-20)42-29(31,32)33)28(41)39-14-12-38(13-15-39)27-25-19(2)16-23(40)26(25)34-18-35-27/h4-5,17-19,21,23,40H,3,6-16H2,1-2H3/t19-,21-,23-/m1/s1. The Bertz CT molecular complexity index is 1250. The fraction of sp³-hybridized carbons (Fsp3) is 0.621.